The molecule has 3 rings (SSSR count). The molecule has 1 heterocycles. The van der Waals surface area contributed by atoms with Crippen molar-refractivity contribution in [2.45, 2.75) is 32.6 Å². The number of halogens is 1. The molecule has 1 N–H and O–H groups in total. The molecular weight excluding hydrogens is 333 g/mol. The quantitative estimate of drug-likeness (QED) is 0.724. The lowest BCUT2D eigenvalue weighted by molar-refractivity contribution is -0.115. The van der Waals surface area contributed by atoms with E-state index >= 15 is 0 Å². The zero-order valence-corrected chi connectivity index (χ0v) is 14.7. The summed E-state index contributed by atoms with van der Waals surface area (Å²) in [6.45, 7) is 4.25. The third-order valence-electron chi connectivity index (χ3n) is 3.99. The minimum atomic E-state index is -0.298. The number of carbonyl (C=O) groups is 1. The maximum Gasteiger partial charge on any atom is 0.322 e. The van der Waals surface area contributed by atoms with E-state index in [4.69, 9.17) is 4.42 Å². The van der Waals surface area contributed by atoms with E-state index in [9.17, 15) is 9.18 Å². The van der Waals surface area contributed by atoms with Crippen molar-refractivity contribution in [3.8, 4) is 0 Å². The standard InChI is InChI=1S/C20H20FN3O2/c1-13(2)16-7-3-14(4-8-16)11-18(25)22-20-24-23-19(26-20)12-15-5-9-17(21)10-6-15/h3-10,13H,11-12H2,1-2H3,(H,22,24,25). The third-order valence-corrected chi connectivity index (χ3v) is 3.99. The fraction of sp³-hybridized carbons (Fsp3) is 0.250. The van der Waals surface area contributed by atoms with E-state index in [1.54, 1.807) is 12.1 Å². The Labute approximate surface area is 151 Å². The van der Waals surface area contributed by atoms with E-state index in [0.29, 0.717) is 18.2 Å². The topological polar surface area (TPSA) is 68.0 Å². The van der Waals surface area contributed by atoms with Gasteiger partial charge in [-0.15, -0.1) is 5.10 Å². The molecule has 0 radical (unpaired) electrons. The van der Waals surface area contributed by atoms with Crippen LogP contribution in [-0.2, 0) is 17.6 Å². The van der Waals surface area contributed by atoms with E-state index in [2.05, 4.69) is 29.4 Å². The average molecular weight is 353 g/mol. The molecule has 0 unspecified atom stereocenters. The van der Waals surface area contributed by atoms with Gasteiger partial charge < -0.3 is 4.42 Å². The van der Waals surface area contributed by atoms with Crippen LogP contribution in [0.1, 0.15) is 42.3 Å². The lowest BCUT2D eigenvalue weighted by Crippen LogP contribution is -2.14. The molecule has 0 atom stereocenters. The lowest BCUT2D eigenvalue weighted by Gasteiger charge is -2.06. The maximum atomic E-state index is 12.9. The summed E-state index contributed by atoms with van der Waals surface area (Å²) in [5.41, 5.74) is 2.99. The average Bonchev–Trinajstić information content (AvgIpc) is 3.04. The van der Waals surface area contributed by atoms with Crippen LogP contribution in [0.15, 0.2) is 52.9 Å². The zero-order valence-electron chi connectivity index (χ0n) is 14.7. The summed E-state index contributed by atoms with van der Waals surface area (Å²) in [6, 6.07) is 14.1. The number of hydrogen-bond donors (Lipinski definition) is 1. The third kappa shape index (κ3) is 4.75. The van der Waals surface area contributed by atoms with Crippen molar-refractivity contribution in [3.05, 3.63) is 76.9 Å². The van der Waals surface area contributed by atoms with Crippen LogP contribution in [0.25, 0.3) is 0 Å². The van der Waals surface area contributed by atoms with Gasteiger partial charge in [-0.05, 0) is 34.7 Å². The van der Waals surface area contributed by atoms with Crippen LogP contribution >= 0.6 is 0 Å². The van der Waals surface area contributed by atoms with Gasteiger partial charge in [0.25, 0.3) is 0 Å². The summed E-state index contributed by atoms with van der Waals surface area (Å²) in [6.07, 6.45) is 0.605. The number of nitrogens with one attached hydrogen (secondary N) is 1. The normalized spacial score (nSPS) is 10.9. The largest absolute Gasteiger partial charge is 0.407 e. The second-order valence-corrected chi connectivity index (χ2v) is 6.43. The van der Waals surface area contributed by atoms with Crippen LogP contribution in [0.2, 0.25) is 0 Å². The monoisotopic (exact) mass is 353 g/mol. The molecule has 134 valence electrons. The maximum absolute atomic E-state index is 12.9. The summed E-state index contributed by atoms with van der Waals surface area (Å²) in [4.78, 5) is 12.1. The second kappa shape index (κ2) is 7.91. The van der Waals surface area contributed by atoms with Crippen LogP contribution in [0.3, 0.4) is 0 Å². The molecular formula is C20H20FN3O2. The molecule has 2 aromatic carbocycles. The Bertz CT molecular complexity index is 871. The first kappa shape index (κ1) is 17.8. The predicted molar refractivity (Wildman–Crippen MR) is 96.4 cm³/mol. The number of hydrogen-bond acceptors (Lipinski definition) is 4. The van der Waals surface area contributed by atoms with Gasteiger partial charge in [0, 0.05) is 0 Å². The van der Waals surface area contributed by atoms with Crippen molar-refractivity contribution in [1.82, 2.24) is 10.2 Å². The Morgan fingerprint density at radius 1 is 1.04 bits per heavy atom. The van der Waals surface area contributed by atoms with Gasteiger partial charge >= 0.3 is 6.01 Å². The van der Waals surface area contributed by atoms with Crippen molar-refractivity contribution in [3.63, 3.8) is 0 Å². The molecule has 6 heteroatoms. The minimum absolute atomic E-state index is 0.0610. The molecule has 0 saturated heterocycles. The first-order valence-electron chi connectivity index (χ1n) is 8.45. The molecule has 0 aliphatic rings. The number of anilines is 1. The van der Waals surface area contributed by atoms with E-state index in [1.165, 1.54) is 17.7 Å². The highest BCUT2D eigenvalue weighted by Gasteiger charge is 2.11. The van der Waals surface area contributed by atoms with Gasteiger partial charge in [0.2, 0.25) is 11.8 Å². The molecule has 26 heavy (non-hydrogen) atoms. The summed E-state index contributed by atoms with van der Waals surface area (Å²) in [5.74, 6) is 0.289. The number of carbonyl (C=O) groups excluding carboxylic acids is 1. The van der Waals surface area contributed by atoms with E-state index in [-0.39, 0.29) is 24.2 Å². The van der Waals surface area contributed by atoms with E-state index < -0.39 is 0 Å². The first-order valence-corrected chi connectivity index (χ1v) is 8.45. The van der Waals surface area contributed by atoms with Crippen LogP contribution in [0.4, 0.5) is 10.4 Å². The number of rotatable bonds is 6. The Balaban J connectivity index is 1.56. The van der Waals surface area contributed by atoms with Crippen molar-refractivity contribution < 1.29 is 13.6 Å². The lowest BCUT2D eigenvalue weighted by atomic mass is 10.0. The van der Waals surface area contributed by atoms with Crippen LogP contribution in [0, 0.1) is 5.82 Å². The highest BCUT2D eigenvalue weighted by Crippen LogP contribution is 2.16. The van der Waals surface area contributed by atoms with Crippen LogP contribution < -0.4 is 5.32 Å². The van der Waals surface area contributed by atoms with Gasteiger partial charge in [-0.2, -0.15) is 0 Å². The van der Waals surface area contributed by atoms with Gasteiger partial charge in [0.05, 0.1) is 12.8 Å². The molecule has 1 amide bonds. The molecule has 0 aliphatic carbocycles. The van der Waals surface area contributed by atoms with Gasteiger partial charge in [0.15, 0.2) is 0 Å². The number of amides is 1. The SMILES string of the molecule is CC(C)c1ccc(CC(=O)Nc2nnc(Cc3ccc(F)cc3)o2)cc1. The summed E-state index contributed by atoms with van der Waals surface area (Å²) >= 11 is 0. The Morgan fingerprint density at radius 2 is 1.69 bits per heavy atom. The molecule has 0 aliphatic heterocycles. The summed E-state index contributed by atoms with van der Waals surface area (Å²) in [5, 5.41) is 10.3. The first-order chi connectivity index (χ1) is 12.5. The van der Waals surface area contributed by atoms with Crippen molar-refractivity contribution in [2.75, 3.05) is 5.32 Å². The van der Waals surface area contributed by atoms with Crippen LogP contribution in [0.5, 0.6) is 0 Å². The van der Waals surface area contributed by atoms with E-state index in [1.807, 2.05) is 24.3 Å². The van der Waals surface area contributed by atoms with E-state index in [0.717, 1.165) is 11.1 Å². The Kier molecular flexibility index (Phi) is 5.41. The van der Waals surface area contributed by atoms with Gasteiger partial charge in [0.1, 0.15) is 5.82 Å². The van der Waals surface area contributed by atoms with Gasteiger partial charge in [-0.25, -0.2) is 4.39 Å². The molecule has 3 aromatic rings. The van der Waals surface area contributed by atoms with Gasteiger partial charge in [-0.1, -0.05) is 55.3 Å². The highest BCUT2D eigenvalue weighted by molar-refractivity contribution is 5.90. The van der Waals surface area contributed by atoms with Crippen molar-refractivity contribution in [2.24, 2.45) is 0 Å². The second-order valence-electron chi connectivity index (χ2n) is 6.43. The minimum Gasteiger partial charge on any atom is -0.407 e. The number of benzene rings is 2. The summed E-state index contributed by atoms with van der Waals surface area (Å²) < 4.78 is 18.3. The molecule has 0 saturated carbocycles. The highest BCUT2D eigenvalue weighted by atomic mass is 19.1. The van der Waals surface area contributed by atoms with Crippen molar-refractivity contribution in [1.29, 1.82) is 0 Å². The van der Waals surface area contributed by atoms with Crippen molar-refractivity contribution >= 4 is 11.9 Å². The summed E-state index contributed by atoms with van der Waals surface area (Å²) in [7, 11) is 0. The molecule has 0 spiro atoms. The number of aromatic nitrogens is 2. The molecule has 0 bridgehead atoms. The van der Waals surface area contributed by atoms with Crippen LogP contribution in [-0.4, -0.2) is 16.1 Å². The number of nitrogens with zero attached hydrogens (tertiary/aromatic N) is 2. The Hall–Kier alpha value is -3.02. The molecule has 1 aromatic heterocycles. The fourth-order valence-corrected chi connectivity index (χ4v) is 2.52. The fourth-order valence-electron chi connectivity index (χ4n) is 2.52. The molecule has 5 nitrogen and oxygen atoms in total. The zero-order chi connectivity index (χ0) is 18.5. The smallest absolute Gasteiger partial charge is 0.322 e. The predicted octanol–water partition coefficient (Wildman–Crippen LogP) is 4.10. The molecule has 0 fully saturated rings. The Morgan fingerprint density at radius 3 is 2.35 bits per heavy atom. The van der Waals surface area contributed by atoms with Gasteiger partial charge in [-0.3, -0.25) is 10.1 Å².